The third-order valence-corrected chi connectivity index (χ3v) is 6.58. The minimum Gasteiger partial charge on any atom is -0.352 e. The Morgan fingerprint density at radius 1 is 1.18 bits per heavy atom. The Bertz CT molecular complexity index is 816. The van der Waals surface area contributed by atoms with Gasteiger partial charge in [0.05, 0.1) is 0 Å². The highest BCUT2D eigenvalue weighted by Gasteiger charge is 2.39. The number of rotatable bonds is 4. The molecule has 150 valence electrons. The van der Waals surface area contributed by atoms with Gasteiger partial charge in [-0.1, -0.05) is 43.5 Å². The molecule has 5 nitrogen and oxygen atoms in total. The zero-order valence-electron chi connectivity index (χ0n) is 17.3. The number of benzene rings is 1. The quantitative estimate of drug-likeness (QED) is 0.646. The Balaban J connectivity index is 1.35. The maximum atomic E-state index is 4.58. The Kier molecular flexibility index (Phi) is 5.69. The molecular weight excluding hydrogens is 346 g/mol. The molecule has 2 fully saturated rings. The van der Waals surface area contributed by atoms with Crippen LogP contribution in [0, 0.1) is 12.3 Å². The van der Waals surface area contributed by atoms with Crippen molar-refractivity contribution in [1.29, 1.82) is 0 Å². The second-order valence-electron chi connectivity index (χ2n) is 8.56. The van der Waals surface area contributed by atoms with Crippen molar-refractivity contribution in [3.8, 4) is 0 Å². The molecule has 0 amide bonds. The van der Waals surface area contributed by atoms with E-state index in [0.717, 1.165) is 31.4 Å². The fourth-order valence-corrected chi connectivity index (χ4v) is 4.94. The first-order valence-corrected chi connectivity index (χ1v) is 10.7. The third-order valence-electron chi connectivity index (χ3n) is 6.58. The van der Waals surface area contributed by atoms with Crippen molar-refractivity contribution in [3.05, 3.63) is 53.6 Å². The number of imidazole rings is 1. The predicted molar refractivity (Wildman–Crippen MR) is 114 cm³/mol. The predicted octanol–water partition coefficient (Wildman–Crippen LogP) is 3.97. The first kappa shape index (κ1) is 19.0. The molecule has 0 atom stereocenters. The molecule has 1 aliphatic heterocycles. The van der Waals surface area contributed by atoms with E-state index in [1.807, 2.05) is 26.4 Å². The molecule has 2 aliphatic rings. The summed E-state index contributed by atoms with van der Waals surface area (Å²) in [6.45, 7) is 6.03. The maximum absolute atomic E-state index is 4.58. The van der Waals surface area contributed by atoms with E-state index in [4.69, 9.17) is 0 Å². The zero-order chi connectivity index (χ0) is 19.4. The first-order chi connectivity index (χ1) is 13.7. The van der Waals surface area contributed by atoms with Gasteiger partial charge in [0.2, 0.25) is 0 Å². The van der Waals surface area contributed by atoms with Gasteiger partial charge in [0.15, 0.2) is 5.96 Å². The molecule has 2 heterocycles. The molecule has 1 aliphatic carbocycles. The third kappa shape index (κ3) is 4.23. The molecule has 4 rings (SSSR count). The highest BCUT2D eigenvalue weighted by atomic mass is 15.3. The number of likely N-dealkylation sites (tertiary alicyclic amines) is 1. The average Bonchev–Trinajstić information content (AvgIpc) is 3.30. The summed E-state index contributed by atoms with van der Waals surface area (Å²) in [5.41, 5.74) is 3.15. The van der Waals surface area contributed by atoms with Crippen LogP contribution < -0.4 is 5.32 Å². The monoisotopic (exact) mass is 379 g/mol. The van der Waals surface area contributed by atoms with E-state index in [1.54, 1.807) is 0 Å². The summed E-state index contributed by atoms with van der Waals surface area (Å²) >= 11 is 0. The smallest absolute Gasteiger partial charge is 0.193 e. The van der Waals surface area contributed by atoms with Crippen molar-refractivity contribution < 1.29 is 0 Å². The van der Waals surface area contributed by atoms with Gasteiger partial charge in [-0.15, -0.1) is 0 Å². The lowest BCUT2D eigenvalue weighted by Crippen LogP contribution is -2.41. The van der Waals surface area contributed by atoms with Crippen molar-refractivity contribution in [3.63, 3.8) is 0 Å². The second kappa shape index (κ2) is 8.38. The fourth-order valence-electron chi connectivity index (χ4n) is 4.94. The molecule has 5 heteroatoms. The van der Waals surface area contributed by atoms with Gasteiger partial charge < -0.3 is 14.8 Å². The number of hydrogen-bond acceptors (Lipinski definition) is 2. The van der Waals surface area contributed by atoms with Crippen LogP contribution >= 0.6 is 0 Å². The van der Waals surface area contributed by atoms with Gasteiger partial charge in [-0.25, -0.2) is 4.98 Å². The molecule has 0 bridgehead atoms. The van der Waals surface area contributed by atoms with Crippen molar-refractivity contribution in [1.82, 2.24) is 19.8 Å². The van der Waals surface area contributed by atoms with Gasteiger partial charge in [0.1, 0.15) is 5.82 Å². The number of aliphatic imine (C=N–C) groups is 1. The lowest BCUT2D eigenvalue weighted by Gasteiger charge is -2.33. The lowest BCUT2D eigenvalue weighted by molar-refractivity contribution is 0.203. The summed E-state index contributed by atoms with van der Waals surface area (Å²) in [5, 5.41) is 3.60. The van der Waals surface area contributed by atoms with Crippen molar-refractivity contribution in [2.24, 2.45) is 10.4 Å². The van der Waals surface area contributed by atoms with E-state index in [-0.39, 0.29) is 0 Å². The average molecular weight is 380 g/mol. The topological polar surface area (TPSA) is 45.5 Å². The first-order valence-electron chi connectivity index (χ1n) is 10.7. The molecule has 1 saturated heterocycles. The molecule has 0 radical (unpaired) electrons. The summed E-state index contributed by atoms with van der Waals surface area (Å²) in [6.07, 6.45) is 12.3. The zero-order valence-corrected chi connectivity index (χ0v) is 17.3. The van der Waals surface area contributed by atoms with Crippen LogP contribution in [0.25, 0.3) is 0 Å². The van der Waals surface area contributed by atoms with Crippen LogP contribution in [0.5, 0.6) is 0 Å². The number of guanidine groups is 1. The number of aromatic nitrogens is 2. The number of nitrogens with zero attached hydrogens (tertiary/aromatic N) is 4. The molecule has 0 unspecified atom stereocenters. The number of aryl methyl sites for hydroxylation is 1. The maximum Gasteiger partial charge on any atom is 0.193 e. The Morgan fingerprint density at radius 2 is 2.00 bits per heavy atom. The molecule has 2 aromatic rings. The summed E-state index contributed by atoms with van der Waals surface area (Å²) in [5.74, 6) is 2.10. The number of nitrogens with one attached hydrogen (secondary N) is 1. The van der Waals surface area contributed by atoms with Crippen molar-refractivity contribution in [2.45, 2.75) is 58.5 Å². The lowest BCUT2D eigenvalue weighted by atomic mass is 9.73. The summed E-state index contributed by atoms with van der Waals surface area (Å²) in [6, 6.07) is 8.81. The summed E-state index contributed by atoms with van der Waals surface area (Å²) < 4.78 is 2.18. The molecule has 1 aromatic heterocycles. The van der Waals surface area contributed by atoms with Gasteiger partial charge in [0.25, 0.3) is 0 Å². The highest BCUT2D eigenvalue weighted by Crippen LogP contribution is 2.43. The van der Waals surface area contributed by atoms with Crippen molar-refractivity contribution in [2.75, 3.05) is 20.1 Å². The SMILES string of the molecule is CN=C(NCc1cccc(Cn2ccnc2C)c1)N1CCC2(CCCCC2)C1. The fraction of sp³-hybridized carbons (Fsp3) is 0.565. The van der Waals surface area contributed by atoms with Crippen LogP contribution in [0.15, 0.2) is 41.7 Å². The highest BCUT2D eigenvalue weighted by molar-refractivity contribution is 5.80. The van der Waals surface area contributed by atoms with Crippen LogP contribution in [0.2, 0.25) is 0 Å². The van der Waals surface area contributed by atoms with Gasteiger partial charge in [-0.3, -0.25) is 4.99 Å². The van der Waals surface area contributed by atoms with Crippen LogP contribution in [0.4, 0.5) is 0 Å². The summed E-state index contributed by atoms with van der Waals surface area (Å²) in [7, 11) is 1.91. The minimum absolute atomic E-state index is 0.554. The van der Waals surface area contributed by atoms with Gasteiger partial charge in [-0.2, -0.15) is 0 Å². The van der Waals surface area contributed by atoms with Gasteiger partial charge in [-0.05, 0) is 42.7 Å². The van der Waals surface area contributed by atoms with Crippen molar-refractivity contribution >= 4 is 5.96 Å². The van der Waals surface area contributed by atoms with Crippen LogP contribution in [-0.4, -0.2) is 40.5 Å². The Morgan fingerprint density at radius 3 is 2.75 bits per heavy atom. The Labute approximate surface area is 168 Å². The molecule has 1 saturated carbocycles. The molecule has 1 N–H and O–H groups in total. The second-order valence-corrected chi connectivity index (χ2v) is 8.56. The Hall–Kier alpha value is -2.30. The summed E-state index contributed by atoms with van der Waals surface area (Å²) in [4.78, 5) is 11.4. The van der Waals surface area contributed by atoms with Crippen LogP contribution in [0.3, 0.4) is 0 Å². The van der Waals surface area contributed by atoms with E-state index < -0.39 is 0 Å². The minimum atomic E-state index is 0.554. The van der Waals surface area contributed by atoms with E-state index in [0.29, 0.717) is 5.41 Å². The van der Waals surface area contributed by atoms with Crippen LogP contribution in [0.1, 0.15) is 55.5 Å². The van der Waals surface area contributed by atoms with Gasteiger partial charge >= 0.3 is 0 Å². The van der Waals surface area contributed by atoms with E-state index in [1.165, 1.54) is 56.2 Å². The van der Waals surface area contributed by atoms with Gasteiger partial charge in [0, 0.05) is 45.6 Å². The number of hydrogen-bond donors (Lipinski definition) is 1. The van der Waals surface area contributed by atoms with Crippen LogP contribution in [-0.2, 0) is 13.1 Å². The van der Waals surface area contributed by atoms with E-state index in [2.05, 4.69) is 49.0 Å². The molecule has 1 aromatic carbocycles. The molecule has 28 heavy (non-hydrogen) atoms. The standard InChI is InChI=1S/C23H33N5/c1-19-25-12-14-27(19)17-21-8-6-7-20(15-21)16-26-22(24-2)28-13-11-23(18-28)9-4-3-5-10-23/h6-8,12,14-15H,3-5,9-11,13,16-18H2,1-2H3,(H,24,26). The van der Waals surface area contributed by atoms with E-state index in [9.17, 15) is 0 Å². The van der Waals surface area contributed by atoms with E-state index >= 15 is 0 Å². The molecular formula is C23H33N5. The molecule has 1 spiro atoms. The normalized spacial score (nSPS) is 19.4. The largest absolute Gasteiger partial charge is 0.352 e.